The SMILES string of the molecule is [B]C1([B])c2cc(OC)c(OC)cc2C2CC(OC(=O)[C@@H](N)C(C)C)C(CC(C)C)CN2C1([B])[B]. The van der Waals surface area contributed by atoms with E-state index in [0.717, 1.165) is 12.0 Å². The standard InChI is InChI=1S/C24H34B4N2O4/c1-12(2)7-14-11-30-17(10-18(14)34-22(31)21(29)13(3)4)15-8-19(32-5)20(33-6)9-16(15)23(25,26)24(30,27)28/h8-9,12-14,17-18,21H,7,10-11,29H2,1-6H3/t14?,17?,18?,21-/m0/s1. The van der Waals surface area contributed by atoms with Gasteiger partial charge in [-0.15, -0.1) is 0 Å². The van der Waals surface area contributed by atoms with Gasteiger partial charge in [0.05, 0.1) is 45.6 Å². The van der Waals surface area contributed by atoms with Crippen molar-refractivity contribution >= 4 is 37.4 Å². The minimum Gasteiger partial charge on any atom is -0.493 e. The Morgan fingerprint density at radius 3 is 2.24 bits per heavy atom. The summed E-state index contributed by atoms with van der Waals surface area (Å²) in [4.78, 5) is 14.8. The number of benzene rings is 1. The fourth-order valence-electron chi connectivity index (χ4n) is 5.20. The van der Waals surface area contributed by atoms with Gasteiger partial charge in [-0.3, -0.25) is 4.79 Å². The predicted octanol–water partition coefficient (Wildman–Crippen LogP) is 1.50. The van der Waals surface area contributed by atoms with Gasteiger partial charge in [0.25, 0.3) is 0 Å². The zero-order chi connectivity index (χ0) is 25.6. The average molecular weight is 458 g/mol. The lowest BCUT2D eigenvalue weighted by atomic mass is 9.29. The molecule has 0 saturated carbocycles. The maximum atomic E-state index is 12.8. The highest BCUT2D eigenvalue weighted by atomic mass is 16.5. The van der Waals surface area contributed by atoms with Crippen LogP contribution in [0.1, 0.15) is 57.7 Å². The predicted molar refractivity (Wildman–Crippen MR) is 137 cm³/mol. The second-order valence-corrected chi connectivity index (χ2v) is 10.5. The Bertz CT molecular complexity index is 909. The number of hydrogen-bond donors (Lipinski definition) is 1. The van der Waals surface area contributed by atoms with Crippen LogP contribution >= 0.6 is 0 Å². The molecule has 0 aromatic heterocycles. The van der Waals surface area contributed by atoms with Gasteiger partial charge in [0.2, 0.25) is 0 Å². The van der Waals surface area contributed by atoms with Gasteiger partial charge in [-0.25, -0.2) is 0 Å². The third kappa shape index (κ3) is 4.65. The van der Waals surface area contributed by atoms with Crippen molar-refractivity contribution in [1.82, 2.24) is 4.90 Å². The molecule has 0 aliphatic carbocycles. The minimum atomic E-state index is -1.57. The summed E-state index contributed by atoms with van der Waals surface area (Å²) in [6.45, 7) is 8.52. The molecule has 1 aromatic rings. The fraction of sp³-hybridized carbons (Fsp3) is 0.708. The topological polar surface area (TPSA) is 74.0 Å². The zero-order valence-electron chi connectivity index (χ0n) is 21.2. The van der Waals surface area contributed by atoms with Crippen LogP contribution in [0.25, 0.3) is 0 Å². The first-order chi connectivity index (χ1) is 15.8. The number of piperidine rings is 1. The van der Waals surface area contributed by atoms with Crippen LogP contribution in [0.2, 0.25) is 0 Å². The highest BCUT2D eigenvalue weighted by Crippen LogP contribution is 2.52. The number of rotatable bonds is 7. The molecule has 2 N–H and O–H groups in total. The van der Waals surface area contributed by atoms with E-state index in [1.165, 1.54) is 7.11 Å². The summed E-state index contributed by atoms with van der Waals surface area (Å²) in [5.41, 5.74) is 7.49. The second-order valence-electron chi connectivity index (χ2n) is 10.5. The van der Waals surface area contributed by atoms with Crippen LogP contribution in [0.5, 0.6) is 11.5 Å². The first-order valence-electron chi connectivity index (χ1n) is 11.9. The number of methoxy groups -OCH3 is 2. The van der Waals surface area contributed by atoms with Crippen LogP contribution in [-0.2, 0) is 14.7 Å². The molecule has 2 aliphatic heterocycles. The monoisotopic (exact) mass is 458 g/mol. The molecule has 1 aromatic carbocycles. The number of fused-ring (bicyclic) bond motifs is 3. The van der Waals surface area contributed by atoms with E-state index in [1.807, 2.05) is 24.8 Å². The van der Waals surface area contributed by atoms with E-state index in [-0.39, 0.29) is 24.0 Å². The van der Waals surface area contributed by atoms with E-state index in [2.05, 4.69) is 13.8 Å². The minimum absolute atomic E-state index is 0.0106. The molecule has 1 fully saturated rings. The van der Waals surface area contributed by atoms with Gasteiger partial charge in [-0.1, -0.05) is 38.2 Å². The molecule has 0 spiro atoms. The smallest absolute Gasteiger partial charge is 0.323 e. The van der Waals surface area contributed by atoms with Crippen molar-refractivity contribution in [1.29, 1.82) is 0 Å². The molecule has 2 aliphatic rings. The Kier molecular flexibility index (Phi) is 7.84. The van der Waals surface area contributed by atoms with Gasteiger partial charge in [0.15, 0.2) is 11.5 Å². The zero-order valence-corrected chi connectivity index (χ0v) is 21.2. The summed E-state index contributed by atoms with van der Waals surface area (Å²) in [6.07, 6.45) is 0.929. The van der Waals surface area contributed by atoms with E-state index in [0.29, 0.717) is 35.9 Å². The summed E-state index contributed by atoms with van der Waals surface area (Å²) in [7, 11) is 29.7. The molecule has 6 nitrogen and oxygen atoms in total. The molecule has 8 radical (unpaired) electrons. The molecular formula is C24H34B4N2O4. The number of nitrogens with zero attached hydrogens (tertiary/aromatic N) is 1. The summed E-state index contributed by atoms with van der Waals surface area (Å²) in [5.74, 6) is 0.948. The number of esters is 1. The van der Waals surface area contributed by atoms with Gasteiger partial charge in [-0.05, 0) is 41.5 Å². The summed E-state index contributed by atoms with van der Waals surface area (Å²) < 4.78 is 17.0. The molecule has 2 heterocycles. The van der Waals surface area contributed by atoms with Crippen molar-refractivity contribution in [2.24, 2.45) is 23.5 Å². The number of carbonyl (C=O) groups excluding carboxylic acids is 1. The Hall–Kier alpha value is -1.53. The Morgan fingerprint density at radius 2 is 1.71 bits per heavy atom. The summed E-state index contributed by atoms with van der Waals surface area (Å²) in [6, 6.07) is 2.61. The van der Waals surface area contributed by atoms with Crippen LogP contribution in [0.15, 0.2) is 12.1 Å². The molecule has 34 heavy (non-hydrogen) atoms. The lowest BCUT2D eigenvalue weighted by molar-refractivity contribution is -0.161. The van der Waals surface area contributed by atoms with E-state index >= 15 is 0 Å². The Balaban J connectivity index is 2.09. The first kappa shape index (κ1) is 27.1. The van der Waals surface area contributed by atoms with Crippen molar-refractivity contribution in [2.45, 2.75) is 69.3 Å². The number of ether oxygens (including phenoxy) is 3. The molecular weight excluding hydrogens is 424 g/mol. The normalized spacial score (nSPS) is 26.4. The summed E-state index contributed by atoms with van der Waals surface area (Å²) >= 11 is 0. The fourth-order valence-corrected chi connectivity index (χ4v) is 5.20. The first-order valence-corrected chi connectivity index (χ1v) is 11.9. The van der Waals surface area contributed by atoms with Gasteiger partial charge in [-0.2, -0.15) is 0 Å². The molecule has 4 atom stereocenters. The molecule has 3 unspecified atom stereocenters. The number of hydrogen-bond acceptors (Lipinski definition) is 6. The van der Waals surface area contributed by atoms with Crippen LogP contribution in [0.3, 0.4) is 0 Å². The highest BCUT2D eigenvalue weighted by Gasteiger charge is 2.53. The lowest BCUT2D eigenvalue weighted by Crippen LogP contribution is -2.71. The van der Waals surface area contributed by atoms with Crippen LogP contribution in [-0.4, -0.2) is 80.5 Å². The van der Waals surface area contributed by atoms with Gasteiger partial charge < -0.3 is 24.8 Å². The molecule has 10 heteroatoms. The Morgan fingerprint density at radius 1 is 1.12 bits per heavy atom. The number of carbonyl (C=O) groups is 1. The number of nitrogens with two attached hydrogens (primary N) is 1. The second kappa shape index (κ2) is 9.85. The largest absolute Gasteiger partial charge is 0.493 e. The van der Waals surface area contributed by atoms with Gasteiger partial charge in [0, 0.05) is 24.9 Å². The van der Waals surface area contributed by atoms with Crippen molar-refractivity contribution in [3.63, 3.8) is 0 Å². The van der Waals surface area contributed by atoms with Crippen molar-refractivity contribution in [2.75, 3.05) is 20.8 Å². The molecule has 1 saturated heterocycles. The van der Waals surface area contributed by atoms with E-state index < -0.39 is 22.6 Å². The van der Waals surface area contributed by atoms with Gasteiger partial charge in [0.1, 0.15) is 12.1 Å². The van der Waals surface area contributed by atoms with Crippen molar-refractivity contribution in [3.8, 4) is 11.5 Å². The Labute approximate surface area is 209 Å². The molecule has 0 amide bonds. The van der Waals surface area contributed by atoms with Crippen molar-refractivity contribution in [3.05, 3.63) is 23.3 Å². The maximum absolute atomic E-state index is 12.8. The molecule has 176 valence electrons. The van der Waals surface area contributed by atoms with Crippen LogP contribution in [0, 0.1) is 17.8 Å². The lowest BCUT2D eigenvalue weighted by Gasteiger charge is -2.63. The third-order valence-electron chi connectivity index (χ3n) is 7.32. The quantitative estimate of drug-likeness (QED) is 0.494. The molecule has 3 rings (SSSR count). The van der Waals surface area contributed by atoms with Crippen LogP contribution < -0.4 is 15.2 Å². The van der Waals surface area contributed by atoms with Crippen molar-refractivity contribution < 1.29 is 19.0 Å². The maximum Gasteiger partial charge on any atom is 0.323 e. The van der Waals surface area contributed by atoms with Gasteiger partial charge >= 0.3 is 5.97 Å². The van der Waals surface area contributed by atoms with E-state index in [1.54, 1.807) is 13.2 Å². The molecule has 0 bridgehead atoms. The summed E-state index contributed by atoms with van der Waals surface area (Å²) in [5, 5.41) is -3.12. The third-order valence-corrected chi connectivity index (χ3v) is 7.32. The van der Waals surface area contributed by atoms with E-state index in [9.17, 15) is 4.79 Å². The highest BCUT2D eigenvalue weighted by molar-refractivity contribution is 6.54. The van der Waals surface area contributed by atoms with Crippen LogP contribution in [0.4, 0.5) is 0 Å². The average Bonchev–Trinajstić information content (AvgIpc) is 2.76. The van der Waals surface area contributed by atoms with E-state index in [4.69, 9.17) is 51.3 Å².